The molecule has 1 heterocycles. The van der Waals surface area contributed by atoms with Gasteiger partial charge in [0.25, 0.3) is 15.9 Å². The Morgan fingerprint density at radius 3 is 2.25 bits per heavy atom. The molecule has 1 unspecified atom stereocenters. The van der Waals surface area contributed by atoms with Crippen molar-refractivity contribution < 1.29 is 27.5 Å². The summed E-state index contributed by atoms with van der Waals surface area (Å²) >= 11 is 0. The van der Waals surface area contributed by atoms with Crippen LogP contribution in [0.4, 0.5) is 0 Å². The second-order valence-electron chi connectivity index (χ2n) is 4.34. The fourth-order valence-corrected chi connectivity index (χ4v) is 2.06. The summed E-state index contributed by atoms with van der Waals surface area (Å²) in [5.41, 5.74) is 0. The van der Waals surface area contributed by atoms with Crippen LogP contribution in [-0.2, 0) is 14.8 Å². The lowest BCUT2D eigenvalue weighted by molar-refractivity contribution is -0.141. The van der Waals surface area contributed by atoms with E-state index < -0.39 is 27.9 Å². The van der Waals surface area contributed by atoms with Crippen LogP contribution in [0.1, 0.15) is 17.5 Å². The van der Waals surface area contributed by atoms with Gasteiger partial charge >= 0.3 is 5.97 Å². The van der Waals surface area contributed by atoms with Crippen LogP contribution >= 0.6 is 0 Å². The number of hydrogen-bond donors (Lipinski definition) is 1. The zero-order valence-corrected chi connectivity index (χ0v) is 12.3. The summed E-state index contributed by atoms with van der Waals surface area (Å²) in [6.07, 6.45) is 0. The molecule has 1 atom stereocenters. The van der Waals surface area contributed by atoms with Crippen molar-refractivity contribution in [3.8, 4) is 0 Å². The molecule has 0 aromatic carbocycles. The Morgan fingerprint density at radius 1 is 1.25 bits per heavy atom. The number of hydrogen-bond acceptors (Lipinski definition) is 5. The minimum atomic E-state index is -3.77. The summed E-state index contributed by atoms with van der Waals surface area (Å²) in [4.78, 5) is 23.7. The van der Waals surface area contributed by atoms with E-state index in [9.17, 15) is 18.0 Å². The molecular formula is C11H16N2O6S. The highest BCUT2D eigenvalue weighted by Crippen LogP contribution is 2.18. The Morgan fingerprint density at radius 2 is 1.80 bits per heavy atom. The maximum Gasteiger partial charge on any atom is 0.326 e. The molecule has 8 nitrogen and oxygen atoms in total. The number of carbonyl (C=O) groups excluding carboxylic acids is 1. The summed E-state index contributed by atoms with van der Waals surface area (Å²) in [6, 6.07) is 1.30. The Balaban J connectivity index is 3.04. The van der Waals surface area contributed by atoms with Gasteiger partial charge in [-0.1, -0.05) is 0 Å². The molecule has 0 aliphatic heterocycles. The van der Waals surface area contributed by atoms with Crippen LogP contribution < -0.4 is 0 Å². The minimum Gasteiger partial charge on any atom is -0.480 e. The van der Waals surface area contributed by atoms with E-state index >= 15 is 0 Å². The first kappa shape index (κ1) is 16.2. The van der Waals surface area contributed by atoms with Crippen LogP contribution in [0.3, 0.4) is 0 Å². The second-order valence-corrected chi connectivity index (χ2v) is 6.42. The highest BCUT2D eigenvalue weighted by molar-refractivity contribution is 7.88. The molecule has 0 radical (unpaired) electrons. The van der Waals surface area contributed by atoms with E-state index in [1.165, 1.54) is 34.1 Å². The van der Waals surface area contributed by atoms with Crippen molar-refractivity contribution >= 4 is 21.9 Å². The molecule has 0 spiro atoms. The van der Waals surface area contributed by atoms with Gasteiger partial charge < -0.3 is 14.4 Å². The van der Waals surface area contributed by atoms with E-state index in [4.69, 9.17) is 9.52 Å². The molecule has 20 heavy (non-hydrogen) atoms. The predicted molar refractivity (Wildman–Crippen MR) is 68.8 cm³/mol. The zero-order valence-electron chi connectivity index (χ0n) is 11.5. The van der Waals surface area contributed by atoms with Crippen molar-refractivity contribution in [2.24, 2.45) is 0 Å². The summed E-state index contributed by atoms with van der Waals surface area (Å²) in [5, 5.41) is 8.46. The first-order valence-corrected chi connectivity index (χ1v) is 7.05. The number of aliphatic carboxylic acids is 1. The van der Waals surface area contributed by atoms with Crippen molar-refractivity contribution in [3.05, 3.63) is 17.9 Å². The maximum atomic E-state index is 12.0. The smallest absolute Gasteiger partial charge is 0.326 e. The fraction of sp³-hybridized carbons (Fsp3) is 0.455. The van der Waals surface area contributed by atoms with Crippen LogP contribution in [-0.4, -0.2) is 61.8 Å². The molecule has 0 bridgehead atoms. The van der Waals surface area contributed by atoms with Gasteiger partial charge in [-0.05, 0) is 19.1 Å². The topological polar surface area (TPSA) is 108 Å². The molecule has 9 heteroatoms. The van der Waals surface area contributed by atoms with Crippen LogP contribution in [0.2, 0.25) is 0 Å². The third kappa shape index (κ3) is 2.99. The quantitative estimate of drug-likeness (QED) is 0.825. The van der Waals surface area contributed by atoms with E-state index in [0.29, 0.717) is 0 Å². The number of nitrogens with zero attached hydrogens (tertiary/aromatic N) is 2. The number of amides is 1. The zero-order chi connectivity index (χ0) is 15.7. The predicted octanol–water partition coefficient (Wildman–Crippen LogP) is 0.0750. The molecule has 1 rings (SSSR count). The average Bonchev–Trinajstić information content (AvgIpc) is 2.85. The molecule has 0 aliphatic rings. The Kier molecular flexibility index (Phi) is 4.56. The number of carbonyl (C=O) groups is 2. The highest BCUT2D eigenvalue weighted by atomic mass is 32.2. The Labute approximate surface area is 116 Å². The lowest BCUT2D eigenvalue weighted by Crippen LogP contribution is -2.40. The van der Waals surface area contributed by atoms with Crippen molar-refractivity contribution in [1.82, 2.24) is 9.21 Å². The van der Waals surface area contributed by atoms with Crippen molar-refractivity contribution in [2.75, 3.05) is 21.1 Å². The van der Waals surface area contributed by atoms with Crippen molar-refractivity contribution in [3.63, 3.8) is 0 Å². The number of furan rings is 1. The normalized spacial score (nSPS) is 13.2. The molecule has 0 saturated heterocycles. The number of rotatable bonds is 5. The monoisotopic (exact) mass is 304 g/mol. The fourth-order valence-electron chi connectivity index (χ4n) is 1.27. The molecule has 0 aliphatic carbocycles. The van der Waals surface area contributed by atoms with Gasteiger partial charge in [-0.15, -0.1) is 0 Å². The lowest BCUT2D eigenvalue weighted by atomic mass is 10.3. The van der Waals surface area contributed by atoms with Crippen molar-refractivity contribution in [2.45, 2.75) is 18.1 Å². The largest absolute Gasteiger partial charge is 0.480 e. The van der Waals surface area contributed by atoms with Crippen LogP contribution in [0.15, 0.2) is 21.6 Å². The molecule has 1 N–H and O–H groups in total. The highest BCUT2D eigenvalue weighted by Gasteiger charge is 2.28. The third-order valence-corrected chi connectivity index (χ3v) is 4.48. The molecule has 1 aromatic heterocycles. The van der Waals surface area contributed by atoms with Gasteiger partial charge in [0.2, 0.25) is 5.09 Å². The average molecular weight is 304 g/mol. The lowest BCUT2D eigenvalue weighted by Gasteiger charge is -2.20. The molecular weight excluding hydrogens is 288 g/mol. The van der Waals surface area contributed by atoms with Crippen LogP contribution in [0, 0.1) is 0 Å². The minimum absolute atomic E-state index is 0.235. The number of sulfonamides is 1. The molecule has 0 saturated carbocycles. The molecule has 0 fully saturated rings. The number of likely N-dealkylation sites (N-methyl/N-ethyl adjacent to an activating group) is 1. The number of carboxylic acid groups (broad SMARTS) is 1. The maximum absolute atomic E-state index is 12.0. The summed E-state index contributed by atoms with van der Waals surface area (Å²) in [6.45, 7) is 1.33. The SMILES string of the molecule is CC(C(=O)O)N(C)C(=O)c1ccc(S(=O)(=O)N(C)C)o1. The van der Waals surface area contributed by atoms with Gasteiger partial charge in [0.1, 0.15) is 6.04 Å². The van der Waals surface area contributed by atoms with Gasteiger partial charge in [-0.3, -0.25) is 4.79 Å². The van der Waals surface area contributed by atoms with E-state index in [0.717, 1.165) is 15.3 Å². The van der Waals surface area contributed by atoms with Gasteiger partial charge in [-0.2, -0.15) is 0 Å². The third-order valence-electron chi connectivity index (χ3n) is 2.79. The Hall–Kier alpha value is -1.87. The first-order valence-electron chi connectivity index (χ1n) is 5.61. The first-order chi connectivity index (χ1) is 9.09. The van der Waals surface area contributed by atoms with Crippen LogP contribution in [0.25, 0.3) is 0 Å². The number of carboxylic acids is 1. The molecule has 1 aromatic rings. The van der Waals surface area contributed by atoms with Crippen molar-refractivity contribution in [1.29, 1.82) is 0 Å². The molecule has 112 valence electrons. The van der Waals surface area contributed by atoms with Gasteiger partial charge in [0.05, 0.1) is 0 Å². The summed E-state index contributed by atoms with van der Waals surface area (Å²) in [7, 11) is 0.186. The van der Waals surface area contributed by atoms with E-state index in [2.05, 4.69) is 0 Å². The van der Waals surface area contributed by atoms with Crippen LogP contribution in [0.5, 0.6) is 0 Å². The van der Waals surface area contributed by atoms with Gasteiger partial charge in [0, 0.05) is 21.1 Å². The van der Waals surface area contributed by atoms with E-state index in [1.54, 1.807) is 0 Å². The Bertz CT molecular complexity index is 619. The van der Waals surface area contributed by atoms with Gasteiger partial charge in [0.15, 0.2) is 5.76 Å². The van der Waals surface area contributed by atoms with Gasteiger partial charge in [-0.25, -0.2) is 17.5 Å². The van der Waals surface area contributed by atoms with E-state index in [-0.39, 0.29) is 10.9 Å². The van der Waals surface area contributed by atoms with E-state index in [1.807, 2.05) is 0 Å². The standard InChI is InChI=1S/C11H16N2O6S/c1-7(11(15)16)13(4)10(14)8-5-6-9(19-8)20(17,18)12(2)3/h5-7H,1-4H3,(H,15,16). The summed E-state index contributed by atoms with van der Waals surface area (Å²) < 4.78 is 29.5. The second kappa shape index (κ2) is 5.63. The molecule has 1 amide bonds. The summed E-state index contributed by atoms with van der Waals surface area (Å²) in [5.74, 6) is -2.12.